The number of carbonyl (C=O) groups is 1. The molecule has 0 aliphatic carbocycles. The second-order valence-corrected chi connectivity index (χ2v) is 13.9. The molecule has 2 nitrogen and oxygen atoms in total. The van der Waals surface area contributed by atoms with Crippen LogP contribution in [0.1, 0.15) is 30.9 Å². The fraction of sp³-hybridized carbons (Fsp3) is 0.350. The first-order valence-electron chi connectivity index (χ1n) is 8.83. The Bertz CT molecular complexity index is 740. The second-order valence-electron chi connectivity index (χ2n) is 6.43. The molecule has 2 rings (SSSR count). The van der Waals surface area contributed by atoms with Gasteiger partial charge < -0.3 is 0 Å². The summed E-state index contributed by atoms with van der Waals surface area (Å²) in [6, 6.07) is 9.78. The van der Waals surface area contributed by atoms with E-state index in [9.17, 15) is 31.1 Å². The van der Waals surface area contributed by atoms with Gasteiger partial charge in [0.2, 0.25) is 0 Å². The summed E-state index contributed by atoms with van der Waals surface area (Å²) < 4.78 is 84.0. The summed E-state index contributed by atoms with van der Waals surface area (Å²) in [6.45, 7) is 1.54. The van der Waals surface area contributed by atoms with Crippen LogP contribution in [0.2, 0.25) is 4.44 Å². The van der Waals surface area contributed by atoms with Gasteiger partial charge in [-0.15, -0.1) is 0 Å². The minimum absolute atomic E-state index is 0.242. The molecular formula is C20H19F6O2Sn. The molecule has 0 bridgehead atoms. The number of halogens is 6. The van der Waals surface area contributed by atoms with Crippen LogP contribution in [0.4, 0.5) is 26.3 Å². The van der Waals surface area contributed by atoms with Gasteiger partial charge in [0.1, 0.15) is 0 Å². The Hall–Kier alpha value is -1.71. The van der Waals surface area contributed by atoms with Crippen molar-refractivity contribution < 1.29 is 35.9 Å². The van der Waals surface area contributed by atoms with E-state index in [1.165, 1.54) is 31.2 Å². The first-order valence-corrected chi connectivity index (χ1v) is 13.7. The van der Waals surface area contributed by atoms with Crippen molar-refractivity contribution in [3.8, 4) is 0 Å². The van der Waals surface area contributed by atoms with Crippen molar-refractivity contribution >= 4 is 32.9 Å². The van der Waals surface area contributed by atoms with Crippen LogP contribution >= 0.6 is 0 Å². The number of unbranched alkanes of at least 4 members (excludes halogenated alkanes) is 1. The van der Waals surface area contributed by atoms with Crippen molar-refractivity contribution in [2.24, 2.45) is 0 Å². The van der Waals surface area contributed by atoms with E-state index in [2.05, 4.69) is 0 Å². The predicted octanol–water partition coefficient (Wildman–Crippen LogP) is 4.68. The Labute approximate surface area is 171 Å². The van der Waals surface area contributed by atoms with Crippen molar-refractivity contribution in [2.75, 3.05) is 6.61 Å². The Morgan fingerprint density at radius 1 is 0.793 bits per heavy atom. The molecule has 0 spiro atoms. The molecule has 2 aromatic carbocycles. The number of alkyl halides is 6. The molecule has 0 aliphatic rings. The number of esters is 1. The molecule has 1 radical (unpaired) electrons. The molecule has 157 valence electrons. The van der Waals surface area contributed by atoms with Crippen LogP contribution in [0.5, 0.6) is 0 Å². The first-order chi connectivity index (χ1) is 13.5. The molecule has 0 amide bonds. The number of hydrogen-bond acceptors (Lipinski definition) is 2. The molecule has 0 saturated carbocycles. The van der Waals surface area contributed by atoms with Gasteiger partial charge in [0.25, 0.3) is 0 Å². The van der Waals surface area contributed by atoms with E-state index < -0.39 is 49.2 Å². The first kappa shape index (κ1) is 23.6. The van der Waals surface area contributed by atoms with Crippen LogP contribution < -0.4 is 7.16 Å². The number of rotatable bonds is 7. The van der Waals surface area contributed by atoms with E-state index in [-0.39, 0.29) is 6.61 Å². The summed E-state index contributed by atoms with van der Waals surface area (Å²) in [5.74, 6) is -0.394. The molecule has 9 heteroatoms. The van der Waals surface area contributed by atoms with E-state index in [1.54, 1.807) is 0 Å². The number of hydrogen-bond donors (Lipinski definition) is 0. The fourth-order valence-corrected chi connectivity index (χ4v) is 10.4. The van der Waals surface area contributed by atoms with Crippen LogP contribution in [0.3, 0.4) is 0 Å². The average molecular weight is 524 g/mol. The predicted molar refractivity (Wildman–Crippen MR) is 98.6 cm³/mol. The van der Waals surface area contributed by atoms with Gasteiger partial charge >= 0.3 is 172 Å². The maximum absolute atomic E-state index is 12.8. The number of ether oxygens (including phenoxy) is 1. The quantitative estimate of drug-likeness (QED) is 0.228. The van der Waals surface area contributed by atoms with Gasteiger partial charge in [-0.1, -0.05) is 0 Å². The van der Waals surface area contributed by atoms with Gasteiger partial charge in [-0.3, -0.25) is 0 Å². The summed E-state index contributed by atoms with van der Waals surface area (Å²) in [5, 5.41) is 0. The van der Waals surface area contributed by atoms with Crippen molar-refractivity contribution in [1.82, 2.24) is 0 Å². The second kappa shape index (κ2) is 9.86. The zero-order valence-corrected chi connectivity index (χ0v) is 18.4. The van der Waals surface area contributed by atoms with Crippen molar-refractivity contribution in [2.45, 2.75) is 36.6 Å². The third kappa shape index (κ3) is 7.24. The van der Waals surface area contributed by atoms with Crippen molar-refractivity contribution in [3.63, 3.8) is 0 Å². The van der Waals surface area contributed by atoms with Crippen LogP contribution in [0, 0.1) is 0 Å². The SMILES string of the molecule is CC(=O)OCCC[CH2][Sn]([c]1ccc(C(F)(F)F)cc1)[c]1ccc(C(F)(F)F)cc1. The van der Waals surface area contributed by atoms with Gasteiger partial charge in [-0.2, -0.15) is 0 Å². The molecule has 0 fully saturated rings. The Morgan fingerprint density at radius 2 is 1.21 bits per heavy atom. The molecule has 0 heterocycles. The molecule has 0 aromatic heterocycles. The summed E-state index contributed by atoms with van der Waals surface area (Å²) in [6.07, 6.45) is -7.63. The Balaban J connectivity index is 2.22. The van der Waals surface area contributed by atoms with Gasteiger partial charge in [0.05, 0.1) is 0 Å². The van der Waals surface area contributed by atoms with Crippen molar-refractivity contribution in [1.29, 1.82) is 0 Å². The molecule has 29 heavy (non-hydrogen) atoms. The van der Waals surface area contributed by atoms with Crippen molar-refractivity contribution in [3.05, 3.63) is 59.7 Å². The molecule has 0 atom stereocenters. The standard InChI is InChI=1S/2C7H4F3.C6H11O2.Sn/c2*8-7(9,10)6-4-2-1-3-5-6;1-3-4-5-8-6(2)7;/h2*2-5H;1,3-5H2,2H3;. The summed E-state index contributed by atoms with van der Waals surface area (Å²) in [7, 11) is 0. The molecular weight excluding hydrogens is 505 g/mol. The van der Waals surface area contributed by atoms with E-state index in [1.807, 2.05) is 0 Å². The fourth-order valence-electron chi connectivity index (χ4n) is 2.80. The summed E-state index contributed by atoms with van der Waals surface area (Å²) >= 11 is -2.73. The van der Waals surface area contributed by atoms with E-state index in [0.29, 0.717) is 17.3 Å². The molecule has 0 saturated heterocycles. The zero-order chi connectivity index (χ0) is 21.7. The third-order valence-corrected chi connectivity index (χ3v) is 12.6. The maximum atomic E-state index is 12.8. The topological polar surface area (TPSA) is 26.3 Å². The van der Waals surface area contributed by atoms with Crippen LogP contribution in [0.15, 0.2) is 48.5 Å². The summed E-state index contributed by atoms with van der Waals surface area (Å²) in [4.78, 5) is 10.8. The molecule has 2 aromatic rings. The molecule has 0 N–H and O–H groups in total. The van der Waals surface area contributed by atoms with Crippen LogP contribution in [-0.4, -0.2) is 32.3 Å². The average Bonchev–Trinajstić information content (AvgIpc) is 2.63. The van der Waals surface area contributed by atoms with E-state index >= 15 is 0 Å². The molecule has 0 aliphatic heterocycles. The minimum atomic E-state index is -4.44. The third-order valence-electron chi connectivity index (χ3n) is 4.25. The van der Waals surface area contributed by atoms with Gasteiger partial charge in [-0.05, 0) is 0 Å². The van der Waals surface area contributed by atoms with Crippen LogP contribution in [-0.2, 0) is 21.9 Å². The Kier molecular flexibility index (Phi) is 8.01. The number of carbonyl (C=O) groups excluding carboxylic acids is 1. The monoisotopic (exact) mass is 525 g/mol. The normalized spacial score (nSPS) is 12.3. The Morgan fingerprint density at radius 3 is 1.55 bits per heavy atom. The van der Waals surface area contributed by atoms with E-state index in [4.69, 9.17) is 4.74 Å². The number of benzene rings is 2. The zero-order valence-electron chi connectivity index (χ0n) is 15.5. The molecule has 0 unspecified atom stereocenters. The van der Waals surface area contributed by atoms with Crippen LogP contribution in [0.25, 0.3) is 0 Å². The van der Waals surface area contributed by atoms with Gasteiger partial charge in [0, 0.05) is 0 Å². The van der Waals surface area contributed by atoms with E-state index in [0.717, 1.165) is 31.4 Å². The van der Waals surface area contributed by atoms with Gasteiger partial charge in [-0.25, -0.2) is 0 Å². The summed E-state index contributed by atoms with van der Waals surface area (Å²) in [5.41, 5.74) is -1.52. The van der Waals surface area contributed by atoms with Gasteiger partial charge in [0.15, 0.2) is 0 Å².